The zero-order valence-corrected chi connectivity index (χ0v) is 22.4. The molecule has 1 aliphatic heterocycles. The minimum atomic E-state index is -4.31. The molecular weight excluding hydrogens is 477 g/mol. The van der Waals surface area contributed by atoms with Gasteiger partial charge in [-0.25, -0.2) is 4.48 Å². The predicted octanol–water partition coefficient (Wildman–Crippen LogP) is 5.26. The third kappa shape index (κ3) is 9.19. The summed E-state index contributed by atoms with van der Waals surface area (Å²) in [6.45, 7) is 12.4. The number of hydrogen-bond donors (Lipinski definition) is 1. The van der Waals surface area contributed by atoms with Crippen LogP contribution in [0.3, 0.4) is 0 Å². The molecule has 0 bridgehead atoms. The molecule has 1 saturated heterocycles. The Morgan fingerprint density at radius 1 is 1.06 bits per heavy atom. The van der Waals surface area contributed by atoms with Crippen LogP contribution in [0, 0.1) is 5.41 Å². The predicted molar refractivity (Wildman–Crippen MR) is 130 cm³/mol. The third-order valence-electron chi connectivity index (χ3n) is 5.75. The zero-order valence-electron chi connectivity index (χ0n) is 22.4. The number of carbonyl (C=O) groups is 2. The van der Waals surface area contributed by atoms with E-state index in [0.29, 0.717) is 38.2 Å². The number of quaternary nitrogens is 1. The standard InChI is InChI=1S/C26H39F3N2O5/c1-24(2,3)17-19(31(13-14-31)23(33)36-25(4,5)6)22(32)30-12-10-18-8-9-20(34-7)21(16-18)35-15-11-26(27,28)29/h8-9,16,19H,10-15,17H2,1-7H3/p+1. The zero-order chi connectivity index (χ0) is 27.4. The molecule has 2 rings (SSSR count). The van der Waals surface area contributed by atoms with Crippen LogP contribution in [0.2, 0.25) is 0 Å². The largest absolute Gasteiger partial charge is 0.517 e. The lowest BCUT2D eigenvalue weighted by atomic mass is 9.87. The molecule has 2 amide bonds. The van der Waals surface area contributed by atoms with E-state index in [4.69, 9.17) is 14.2 Å². The van der Waals surface area contributed by atoms with E-state index in [0.717, 1.165) is 5.56 Å². The van der Waals surface area contributed by atoms with Crippen molar-refractivity contribution in [1.82, 2.24) is 5.32 Å². The Kier molecular flexibility index (Phi) is 9.31. The highest BCUT2D eigenvalue weighted by Gasteiger charge is 2.61. The summed E-state index contributed by atoms with van der Waals surface area (Å²) in [6, 6.07) is 4.44. The van der Waals surface area contributed by atoms with Crippen molar-refractivity contribution < 1.29 is 41.5 Å². The van der Waals surface area contributed by atoms with Gasteiger partial charge in [-0.05, 0) is 50.3 Å². The first-order valence-electron chi connectivity index (χ1n) is 12.2. The number of ether oxygens (including phenoxy) is 3. The van der Waals surface area contributed by atoms with Crippen molar-refractivity contribution in [3.05, 3.63) is 23.8 Å². The first-order valence-corrected chi connectivity index (χ1v) is 12.2. The van der Waals surface area contributed by atoms with Gasteiger partial charge in [0.2, 0.25) is 0 Å². The summed E-state index contributed by atoms with van der Waals surface area (Å²) in [5, 5.41) is 2.95. The second-order valence-corrected chi connectivity index (χ2v) is 11.5. The number of methoxy groups -OCH3 is 1. The second kappa shape index (κ2) is 11.3. The molecule has 1 fully saturated rings. The SMILES string of the molecule is COc1ccc(CCNC(=O)C(CC(C)(C)C)[N+]2(C(=O)OC(C)(C)C)CC2)cc1OCCC(F)(F)F. The van der Waals surface area contributed by atoms with Crippen LogP contribution >= 0.6 is 0 Å². The molecule has 0 saturated carbocycles. The number of hydrogen-bond acceptors (Lipinski definition) is 5. The van der Waals surface area contributed by atoms with Gasteiger partial charge < -0.3 is 19.5 Å². The van der Waals surface area contributed by atoms with Gasteiger partial charge in [-0.1, -0.05) is 26.8 Å². The van der Waals surface area contributed by atoms with Crippen LogP contribution in [0.15, 0.2) is 18.2 Å². The van der Waals surface area contributed by atoms with Crippen molar-refractivity contribution in [2.75, 3.05) is 33.4 Å². The van der Waals surface area contributed by atoms with E-state index < -0.39 is 30.8 Å². The molecule has 1 aliphatic rings. The molecule has 204 valence electrons. The molecular formula is C26H40F3N2O5+. The molecule has 10 heteroatoms. The van der Waals surface area contributed by atoms with Gasteiger partial charge >= 0.3 is 12.3 Å². The first-order chi connectivity index (χ1) is 16.5. The first kappa shape index (κ1) is 29.7. The quantitative estimate of drug-likeness (QED) is 0.339. The molecule has 1 aromatic carbocycles. The van der Waals surface area contributed by atoms with E-state index in [1.807, 2.05) is 20.8 Å². The van der Waals surface area contributed by atoms with Crippen molar-refractivity contribution in [2.45, 2.75) is 78.6 Å². The van der Waals surface area contributed by atoms with Crippen molar-refractivity contribution in [3.63, 3.8) is 0 Å². The molecule has 1 N–H and O–H groups in total. The monoisotopic (exact) mass is 517 g/mol. The second-order valence-electron chi connectivity index (χ2n) is 11.5. The topological polar surface area (TPSA) is 73.9 Å². The van der Waals surface area contributed by atoms with Gasteiger partial charge in [-0.2, -0.15) is 18.0 Å². The minimum Gasteiger partial charge on any atom is -0.493 e. The van der Waals surface area contributed by atoms with Crippen molar-refractivity contribution in [2.24, 2.45) is 5.41 Å². The van der Waals surface area contributed by atoms with E-state index in [-0.39, 0.29) is 27.6 Å². The average molecular weight is 518 g/mol. The van der Waals surface area contributed by atoms with Crippen LogP contribution in [-0.2, 0) is 16.0 Å². The lowest BCUT2D eigenvalue weighted by Gasteiger charge is -2.31. The van der Waals surface area contributed by atoms with Gasteiger partial charge in [0.15, 0.2) is 17.5 Å². The van der Waals surface area contributed by atoms with Crippen LogP contribution in [0.25, 0.3) is 0 Å². The summed E-state index contributed by atoms with van der Waals surface area (Å²) < 4.78 is 53.5. The molecule has 1 aromatic rings. The van der Waals surface area contributed by atoms with Gasteiger partial charge in [0.1, 0.15) is 18.7 Å². The fraction of sp³-hybridized carbons (Fsp3) is 0.692. The Bertz CT molecular complexity index is 916. The maximum Gasteiger partial charge on any atom is 0.517 e. The lowest BCUT2D eigenvalue weighted by molar-refractivity contribution is -0.744. The summed E-state index contributed by atoms with van der Waals surface area (Å²) in [5.74, 6) is 0.332. The van der Waals surface area contributed by atoms with E-state index in [1.54, 1.807) is 39.0 Å². The van der Waals surface area contributed by atoms with Gasteiger partial charge in [0.25, 0.3) is 5.91 Å². The number of amides is 2. The molecule has 1 unspecified atom stereocenters. The molecule has 1 atom stereocenters. The van der Waals surface area contributed by atoms with Crippen molar-refractivity contribution in [3.8, 4) is 11.5 Å². The highest BCUT2D eigenvalue weighted by Crippen LogP contribution is 2.36. The summed E-state index contributed by atoms with van der Waals surface area (Å²) in [5.41, 5.74) is -0.0634. The van der Waals surface area contributed by atoms with E-state index in [9.17, 15) is 22.8 Å². The summed E-state index contributed by atoms with van der Waals surface area (Å²) in [4.78, 5) is 26.3. The van der Waals surface area contributed by atoms with Crippen LogP contribution in [0.1, 0.15) is 59.9 Å². The minimum absolute atomic E-state index is 0.0138. The Morgan fingerprint density at radius 2 is 1.69 bits per heavy atom. The maximum atomic E-state index is 13.3. The van der Waals surface area contributed by atoms with E-state index in [1.165, 1.54) is 7.11 Å². The Hall–Kier alpha value is -2.49. The highest BCUT2D eigenvalue weighted by atomic mass is 19.4. The lowest BCUT2D eigenvalue weighted by Crippen LogP contribution is -2.54. The summed E-state index contributed by atoms with van der Waals surface area (Å²) in [7, 11) is 1.41. The Labute approximate surface area is 211 Å². The normalized spacial score (nSPS) is 16.2. The van der Waals surface area contributed by atoms with E-state index >= 15 is 0 Å². The van der Waals surface area contributed by atoms with E-state index in [2.05, 4.69) is 5.32 Å². The van der Waals surface area contributed by atoms with Crippen LogP contribution < -0.4 is 14.8 Å². The fourth-order valence-electron chi connectivity index (χ4n) is 3.87. The third-order valence-corrected chi connectivity index (χ3v) is 5.75. The number of rotatable bonds is 10. The Morgan fingerprint density at radius 3 is 2.19 bits per heavy atom. The van der Waals surface area contributed by atoms with Crippen LogP contribution in [-0.4, -0.2) is 67.7 Å². The van der Waals surface area contributed by atoms with Crippen molar-refractivity contribution in [1.29, 1.82) is 0 Å². The van der Waals surface area contributed by atoms with Gasteiger partial charge in [-0.15, -0.1) is 0 Å². The van der Waals surface area contributed by atoms with Crippen molar-refractivity contribution >= 4 is 12.0 Å². The Balaban J connectivity index is 2.06. The molecule has 0 spiro atoms. The number of alkyl halides is 3. The number of nitrogens with zero attached hydrogens (tertiary/aromatic N) is 1. The molecule has 0 aromatic heterocycles. The summed E-state index contributed by atoms with van der Waals surface area (Å²) in [6.07, 6.45) is -4.82. The molecule has 36 heavy (non-hydrogen) atoms. The number of carbonyl (C=O) groups excluding carboxylic acids is 2. The number of halogens is 3. The van der Waals surface area contributed by atoms with Gasteiger partial charge in [0.05, 0.1) is 20.1 Å². The van der Waals surface area contributed by atoms with Crippen LogP contribution in [0.5, 0.6) is 11.5 Å². The summed E-state index contributed by atoms with van der Waals surface area (Å²) >= 11 is 0. The van der Waals surface area contributed by atoms with Crippen LogP contribution in [0.4, 0.5) is 18.0 Å². The molecule has 0 aliphatic carbocycles. The molecule has 7 nitrogen and oxygen atoms in total. The van der Waals surface area contributed by atoms with Gasteiger partial charge in [-0.3, -0.25) is 4.79 Å². The maximum absolute atomic E-state index is 13.3. The smallest absolute Gasteiger partial charge is 0.493 e. The highest BCUT2D eigenvalue weighted by molar-refractivity contribution is 5.83. The number of benzene rings is 1. The molecule has 1 heterocycles. The van der Waals surface area contributed by atoms with Gasteiger partial charge in [0, 0.05) is 13.0 Å². The fourth-order valence-corrected chi connectivity index (χ4v) is 3.87. The molecule has 0 radical (unpaired) electrons. The average Bonchev–Trinajstić information content (AvgIpc) is 3.51. The number of nitrogens with one attached hydrogen (secondary N) is 1.